The van der Waals surface area contributed by atoms with Gasteiger partial charge in [0.25, 0.3) is 5.91 Å². The fourth-order valence-corrected chi connectivity index (χ4v) is 3.93. The first kappa shape index (κ1) is 20.8. The van der Waals surface area contributed by atoms with Gasteiger partial charge in [-0.05, 0) is 37.5 Å². The van der Waals surface area contributed by atoms with Crippen LogP contribution >= 0.6 is 0 Å². The number of rotatable bonds is 7. The molecule has 1 aromatic carbocycles. The molecule has 1 N–H and O–H groups in total. The van der Waals surface area contributed by atoms with Gasteiger partial charge in [0, 0.05) is 6.54 Å². The summed E-state index contributed by atoms with van der Waals surface area (Å²) >= 11 is 0. The third-order valence-corrected chi connectivity index (χ3v) is 5.60. The van der Waals surface area contributed by atoms with Gasteiger partial charge in [-0.2, -0.15) is 0 Å². The van der Waals surface area contributed by atoms with Crippen LogP contribution in [0.15, 0.2) is 24.3 Å². The number of fused-ring (bicyclic) bond motifs is 1. The second-order valence-corrected chi connectivity index (χ2v) is 7.45. The van der Waals surface area contributed by atoms with Crippen LogP contribution in [0, 0.1) is 11.8 Å². The number of hydrogen-bond donors (Lipinski definition) is 1. The molecule has 3 atom stereocenters. The van der Waals surface area contributed by atoms with Gasteiger partial charge in [0.2, 0.25) is 11.8 Å². The van der Waals surface area contributed by atoms with Gasteiger partial charge in [-0.25, -0.2) is 4.79 Å². The Hall–Kier alpha value is -2.90. The number of carbonyl (C=O) groups excluding carboxylic acids is 4. The number of carbonyl (C=O) groups is 4. The van der Waals surface area contributed by atoms with Crippen molar-refractivity contribution in [2.24, 2.45) is 11.8 Å². The zero-order valence-corrected chi connectivity index (χ0v) is 16.7. The first-order valence-electron chi connectivity index (χ1n) is 9.85. The minimum absolute atomic E-state index is 0.280. The van der Waals surface area contributed by atoms with Crippen LogP contribution in [-0.4, -0.2) is 48.3 Å². The summed E-state index contributed by atoms with van der Waals surface area (Å²) in [5, 5.41) is 2.65. The Labute approximate surface area is 169 Å². The second-order valence-electron chi connectivity index (χ2n) is 7.45. The summed E-state index contributed by atoms with van der Waals surface area (Å²) in [7, 11) is 1.57. The predicted molar refractivity (Wildman–Crippen MR) is 103 cm³/mol. The molecule has 0 unspecified atom stereocenters. The lowest BCUT2D eigenvalue weighted by atomic mass is 9.81. The first-order chi connectivity index (χ1) is 13.9. The van der Waals surface area contributed by atoms with Gasteiger partial charge in [-0.1, -0.05) is 25.0 Å². The zero-order valence-electron chi connectivity index (χ0n) is 16.7. The SMILES string of the molecule is COc1ccc(CNC(=O)COC(=O)[C@H](C)N2C(=O)[C@H]3CCCC[C@@H]3C2=O)cc1. The van der Waals surface area contributed by atoms with Gasteiger partial charge < -0.3 is 14.8 Å². The van der Waals surface area contributed by atoms with Crippen molar-refractivity contribution in [2.45, 2.75) is 45.2 Å². The summed E-state index contributed by atoms with van der Waals surface area (Å²) in [6.07, 6.45) is 3.20. The van der Waals surface area contributed by atoms with Crippen molar-refractivity contribution in [3.63, 3.8) is 0 Å². The van der Waals surface area contributed by atoms with Crippen LogP contribution in [0.2, 0.25) is 0 Å². The minimum Gasteiger partial charge on any atom is -0.497 e. The van der Waals surface area contributed by atoms with E-state index in [4.69, 9.17) is 9.47 Å². The highest BCUT2D eigenvalue weighted by Crippen LogP contribution is 2.38. The molecule has 1 aliphatic heterocycles. The Kier molecular flexibility index (Phi) is 6.51. The molecular formula is C21H26N2O6. The molecule has 0 aromatic heterocycles. The number of nitrogens with zero attached hydrogens (tertiary/aromatic N) is 1. The summed E-state index contributed by atoms with van der Waals surface area (Å²) in [4.78, 5) is 50.4. The van der Waals surface area contributed by atoms with Gasteiger partial charge in [0.15, 0.2) is 6.61 Å². The van der Waals surface area contributed by atoms with E-state index in [1.54, 1.807) is 19.2 Å². The summed E-state index contributed by atoms with van der Waals surface area (Å²) in [6, 6.07) is 6.17. The van der Waals surface area contributed by atoms with E-state index in [1.165, 1.54) is 6.92 Å². The van der Waals surface area contributed by atoms with Crippen molar-refractivity contribution in [1.82, 2.24) is 10.2 Å². The van der Waals surface area contributed by atoms with Crippen molar-refractivity contribution in [1.29, 1.82) is 0 Å². The van der Waals surface area contributed by atoms with Crippen molar-refractivity contribution < 1.29 is 28.7 Å². The van der Waals surface area contributed by atoms with E-state index in [0.29, 0.717) is 18.6 Å². The maximum Gasteiger partial charge on any atom is 0.329 e. The average Bonchev–Trinajstić information content (AvgIpc) is 3.00. The van der Waals surface area contributed by atoms with Gasteiger partial charge in [0.1, 0.15) is 11.8 Å². The number of likely N-dealkylation sites (tertiary alicyclic amines) is 1. The molecule has 0 radical (unpaired) electrons. The molecule has 1 aromatic rings. The number of esters is 1. The molecular weight excluding hydrogens is 376 g/mol. The lowest BCUT2D eigenvalue weighted by Gasteiger charge is -2.21. The van der Waals surface area contributed by atoms with E-state index >= 15 is 0 Å². The number of methoxy groups -OCH3 is 1. The molecule has 1 saturated heterocycles. The van der Waals surface area contributed by atoms with Gasteiger partial charge in [0.05, 0.1) is 18.9 Å². The van der Waals surface area contributed by atoms with Crippen LogP contribution in [0.5, 0.6) is 5.75 Å². The van der Waals surface area contributed by atoms with Crippen LogP contribution in [0.3, 0.4) is 0 Å². The van der Waals surface area contributed by atoms with Crippen molar-refractivity contribution in [2.75, 3.05) is 13.7 Å². The highest BCUT2D eigenvalue weighted by molar-refractivity contribution is 6.07. The molecule has 0 bridgehead atoms. The lowest BCUT2D eigenvalue weighted by Crippen LogP contribution is -2.45. The molecule has 8 nitrogen and oxygen atoms in total. The Balaban J connectivity index is 1.47. The van der Waals surface area contributed by atoms with Gasteiger partial charge in [-0.3, -0.25) is 19.3 Å². The highest BCUT2D eigenvalue weighted by atomic mass is 16.5. The second kappa shape index (κ2) is 9.07. The van der Waals surface area contributed by atoms with E-state index in [0.717, 1.165) is 23.3 Å². The van der Waals surface area contributed by atoms with Crippen LogP contribution < -0.4 is 10.1 Å². The smallest absolute Gasteiger partial charge is 0.329 e. The average molecular weight is 402 g/mol. The summed E-state index contributed by atoms with van der Waals surface area (Å²) in [5.74, 6) is -1.74. The van der Waals surface area contributed by atoms with E-state index in [9.17, 15) is 19.2 Å². The van der Waals surface area contributed by atoms with E-state index < -0.39 is 24.5 Å². The third kappa shape index (κ3) is 4.58. The fourth-order valence-electron chi connectivity index (χ4n) is 3.93. The number of hydrogen-bond acceptors (Lipinski definition) is 6. The van der Waals surface area contributed by atoms with Crippen LogP contribution in [0.4, 0.5) is 0 Å². The van der Waals surface area contributed by atoms with Crippen molar-refractivity contribution in [3.8, 4) is 5.75 Å². The maximum atomic E-state index is 12.5. The Morgan fingerprint density at radius 3 is 2.24 bits per heavy atom. The summed E-state index contributed by atoms with van der Waals surface area (Å²) in [6.45, 7) is 1.27. The normalized spacial score (nSPS) is 22.1. The monoisotopic (exact) mass is 402 g/mol. The predicted octanol–water partition coefficient (Wildman–Crippen LogP) is 1.42. The first-order valence-corrected chi connectivity index (χ1v) is 9.85. The molecule has 29 heavy (non-hydrogen) atoms. The van der Waals surface area contributed by atoms with Crippen molar-refractivity contribution in [3.05, 3.63) is 29.8 Å². The van der Waals surface area contributed by atoms with Gasteiger partial charge >= 0.3 is 5.97 Å². The van der Waals surface area contributed by atoms with Crippen LogP contribution in [0.25, 0.3) is 0 Å². The number of imide groups is 1. The number of amides is 3. The van der Waals surface area contributed by atoms with E-state index in [1.807, 2.05) is 12.1 Å². The highest BCUT2D eigenvalue weighted by Gasteiger charge is 2.51. The quantitative estimate of drug-likeness (QED) is 0.547. The minimum atomic E-state index is -1.03. The van der Waals surface area contributed by atoms with E-state index in [2.05, 4.69) is 5.32 Å². The van der Waals surface area contributed by atoms with Gasteiger partial charge in [-0.15, -0.1) is 0 Å². The topological polar surface area (TPSA) is 102 Å². The molecule has 8 heteroatoms. The van der Waals surface area contributed by atoms with Crippen LogP contribution in [-0.2, 0) is 30.5 Å². The third-order valence-electron chi connectivity index (χ3n) is 5.60. The Morgan fingerprint density at radius 2 is 1.69 bits per heavy atom. The Bertz CT molecular complexity index is 767. The molecule has 1 aliphatic carbocycles. The number of benzene rings is 1. The maximum absolute atomic E-state index is 12.5. The molecule has 2 fully saturated rings. The number of nitrogens with one attached hydrogen (secondary N) is 1. The molecule has 1 heterocycles. The molecule has 0 spiro atoms. The zero-order chi connectivity index (χ0) is 21.0. The summed E-state index contributed by atoms with van der Waals surface area (Å²) in [5.41, 5.74) is 0.870. The molecule has 2 aliphatic rings. The molecule has 3 rings (SSSR count). The number of ether oxygens (including phenoxy) is 2. The largest absolute Gasteiger partial charge is 0.497 e. The lowest BCUT2D eigenvalue weighted by molar-refractivity contribution is -0.159. The molecule has 1 saturated carbocycles. The van der Waals surface area contributed by atoms with Crippen molar-refractivity contribution >= 4 is 23.7 Å². The van der Waals surface area contributed by atoms with Crippen LogP contribution in [0.1, 0.15) is 38.2 Å². The van der Waals surface area contributed by atoms with E-state index in [-0.39, 0.29) is 30.2 Å². The summed E-state index contributed by atoms with van der Waals surface area (Å²) < 4.78 is 10.1. The standard InChI is InChI=1S/C21H26N2O6/c1-13(23-19(25)16-5-3-4-6-17(16)20(23)26)21(27)29-12-18(24)22-11-14-7-9-15(28-2)10-8-14/h7-10,13,16-17H,3-6,11-12H2,1-2H3,(H,22,24)/t13-,16-,17-/m0/s1. The fraction of sp³-hybridized carbons (Fsp3) is 0.524. The molecule has 156 valence electrons. The molecule has 3 amide bonds. The Morgan fingerprint density at radius 1 is 1.10 bits per heavy atom.